The van der Waals surface area contributed by atoms with E-state index in [4.69, 9.17) is 5.73 Å². The molecular formula is C18H27ClN4O3S. The number of halogens is 1. The number of carbonyl (C=O) groups excluding carboxylic acids is 1. The number of para-hydroxylation sites is 1. The minimum Gasteiger partial charge on any atom is -0.355 e. The molecular weight excluding hydrogens is 388 g/mol. The van der Waals surface area contributed by atoms with Gasteiger partial charge in [0.05, 0.1) is 5.92 Å². The molecule has 1 atom stereocenters. The molecule has 1 aliphatic rings. The van der Waals surface area contributed by atoms with E-state index >= 15 is 0 Å². The number of aromatic nitrogens is 1. The quantitative estimate of drug-likeness (QED) is 0.772. The molecule has 0 radical (unpaired) electrons. The summed E-state index contributed by atoms with van der Waals surface area (Å²) in [6.45, 7) is 3.25. The van der Waals surface area contributed by atoms with E-state index in [2.05, 4.69) is 5.32 Å². The molecule has 1 amide bonds. The molecule has 1 saturated heterocycles. The van der Waals surface area contributed by atoms with E-state index in [9.17, 15) is 13.2 Å². The second-order valence-corrected chi connectivity index (χ2v) is 8.65. The zero-order valence-corrected chi connectivity index (χ0v) is 17.3. The first kappa shape index (κ1) is 21.7. The molecule has 0 bridgehead atoms. The molecule has 0 saturated carbocycles. The number of hydrogen-bond acceptors (Lipinski definition) is 4. The fraction of sp³-hybridized carbons (Fsp3) is 0.500. The number of aryl methyl sites for hydroxylation is 1. The number of rotatable bonds is 5. The molecule has 2 heterocycles. The Hall–Kier alpha value is -1.61. The fourth-order valence-corrected chi connectivity index (χ4v) is 5.62. The van der Waals surface area contributed by atoms with Crippen LogP contribution in [-0.2, 0) is 21.9 Å². The van der Waals surface area contributed by atoms with Gasteiger partial charge < -0.3 is 15.6 Å². The summed E-state index contributed by atoms with van der Waals surface area (Å²) >= 11 is 0. The van der Waals surface area contributed by atoms with E-state index in [1.807, 2.05) is 42.8 Å². The van der Waals surface area contributed by atoms with Crippen molar-refractivity contribution in [3.63, 3.8) is 0 Å². The maximum absolute atomic E-state index is 13.4. The van der Waals surface area contributed by atoms with E-state index in [1.54, 1.807) is 0 Å². The SMILES string of the molecule is Cc1c(S(=O)(=O)N2CCCC(C(=O)NCCN)C2)c2ccccc2n1C.Cl. The lowest BCUT2D eigenvalue weighted by molar-refractivity contribution is -0.126. The van der Waals surface area contributed by atoms with Gasteiger partial charge in [-0.05, 0) is 25.8 Å². The Kier molecular flexibility index (Phi) is 6.91. The van der Waals surface area contributed by atoms with Crippen LogP contribution in [0.15, 0.2) is 29.2 Å². The summed E-state index contributed by atoms with van der Waals surface area (Å²) in [6.07, 6.45) is 1.36. The summed E-state index contributed by atoms with van der Waals surface area (Å²) in [7, 11) is -1.81. The van der Waals surface area contributed by atoms with Crippen LogP contribution >= 0.6 is 12.4 Å². The predicted molar refractivity (Wildman–Crippen MR) is 108 cm³/mol. The molecule has 7 nitrogen and oxygen atoms in total. The number of sulfonamides is 1. The molecule has 3 rings (SSSR count). The van der Waals surface area contributed by atoms with Crippen molar-refractivity contribution in [3.05, 3.63) is 30.0 Å². The molecule has 150 valence electrons. The van der Waals surface area contributed by atoms with Crippen LogP contribution in [0, 0.1) is 12.8 Å². The third-order valence-corrected chi connectivity index (χ3v) is 7.18. The lowest BCUT2D eigenvalue weighted by Crippen LogP contribution is -2.46. The first-order chi connectivity index (χ1) is 12.4. The zero-order valence-electron chi connectivity index (χ0n) is 15.6. The van der Waals surface area contributed by atoms with E-state index in [1.165, 1.54) is 4.31 Å². The Labute approximate surface area is 166 Å². The highest BCUT2D eigenvalue weighted by atomic mass is 35.5. The van der Waals surface area contributed by atoms with Crippen molar-refractivity contribution < 1.29 is 13.2 Å². The van der Waals surface area contributed by atoms with Gasteiger partial charge in [0.2, 0.25) is 15.9 Å². The van der Waals surface area contributed by atoms with Crippen molar-refractivity contribution in [1.29, 1.82) is 0 Å². The van der Waals surface area contributed by atoms with Gasteiger partial charge in [0.25, 0.3) is 0 Å². The number of nitrogens with zero attached hydrogens (tertiary/aromatic N) is 2. The van der Waals surface area contributed by atoms with Gasteiger partial charge >= 0.3 is 0 Å². The number of amides is 1. The van der Waals surface area contributed by atoms with E-state index in [0.717, 1.165) is 10.9 Å². The van der Waals surface area contributed by atoms with Gasteiger partial charge in [-0.2, -0.15) is 4.31 Å². The molecule has 0 spiro atoms. The van der Waals surface area contributed by atoms with Crippen LogP contribution in [-0.4, -0.2) is 49.4 Å². The summed E-state index contributed by atoms with van der Waals surface area (Å²) in [6, 6.07) is 7.50. The molecule has 1 aromatic carbocycles. The smallest absolute Gasteiger partial charge is 0.245 e. The van der Waals surface area contributed by atoms with Crippen LogP contribution in [0.1, 0.15) is 18.5 Å². The Bertz CT molecular complexity index is 926. The summed E-state index contributed by atoms with van der Waals surface area (Å²) < 4.78 is 30.1. The van der Waals surface area contributed by atoms with Gasteiger partial charge in [0.1, 0.15) is 4.90 Å². The van der Waals surface area contributed by atoms with Crippen molar-refractivity contribution in [3.8, 4) is 0 Å². The van der Waals surface area contributed by atoms with Crippen molar-refractivity contribution in [2.45, 2.75) is 24.7 Å². The first-order valence-electron chi connectivity index (χ1n) is 8.90. The lowest BCUT2D eigenvalue weighted by Gasteiger charge is -2.31. The predicted octanol–water partition coefficient (Wildman–Crippen LogP) is 1.38. The number of nitrogens with two attached hydrogens (primary N) is 1. The molecule has 0 aliphatic carbocycles. The molecule has 1 unspecified atom stereocenters. The maximum Gasteiger partial charge on any atom is 0.245 e. The fourth-order valence-electron chi connectivity index (χ4n) is 3.66. The molecule has 1 fully saturated rings. The second-order valence-electron chi connectivity index (χ2n) is 6.77. The van der Waals surface area contributed by atoms with Gasteiger partial charge in [-0.3, -0.25) is 4.79 Å². The van der Waals surface area contributed by atoms with Gasteiger partial charge in [0, 0.05) is 49.8 Å². The topological polar surface area (TPSA) is 97.4 Å². The van der Waals surface area contributed by atoms with Gasteiger partial charge in [0.15, 0.2) is 0 Å². The molecule has 9 heteroatoms. The van der Waals surface area contributed by atoms with Crippen molar-refractivity contribution in [2.24, 2.45) is 18.7 Å². The van der Waals surface area contributed by atoms with Gasteiger partial charge in [-0.15, -0.1) is 12.4 Å². The second kappa shape index (κ2) is 8.60. The Balaban J connectivity index is 0.00000261. The van der Waals surface area contributed by atoms with Gasteiger partial charge in [-0.1, -0.05) is 18.2 Å². The number of piperidine rings is 1. The average Bonchev–Trinajstić information content (AvgIpc) is 2.91. The van der Waals surface area contributed by atoms with E-state index in [0.29, 0.717) is 43.1 Å². The molecule has 2 aromatic rings. The monoisotopic (exact) mass is 414 g/mol. The Morgan fingerprint density at radius 2 is 2.04 bits per heavy atom. The highest BCUT2D eigenvalue weighted by Gasteiger charge is 2.35. The number of carbonyl (C=O) groups is 1. The summed E-state index contributed by atoms with van der Waals surface area (Å²) in [5.41, 5.74) is 7.02. The minimum atomic E-state index is -3.68. The van der Waals surface area contributed by atoms with Crippen LogP contribution in [0.4, 0.5) is 0 Å². The van der Waals surface area contributed by atoms with Gasteiger partial charge in [-0.25, -0.2) is 8.42 Å². The summed E-state index contributed by atoms with van der Waals surface area (Å²) in [4.78, 5) is 12.6. The Morgan fingerprint density at radius 1 is 1.33 bits per heavy atom. The molecule has 1 aromatic heterocycles. The average molecular weight is 415 g/mol. The van der Waals surface area contributed by atoms with Crippen molar-refractivity contribution >= 4 is 39.2 Å². The largest absolute Gasteiger partial charge is 0.355 e. The third kappa shape index (κ3) is 3.99. The molecule has 27 heavy (non-hydrogen) atoms. The standard InChI is InChI=1S/C18H26N4O3S.ClH/c1-13-17(15-7-3-4-8-16(15)21(13)2)26(24,25)22-11-5-6-14(12-22)18(23)20-10-9-19;/h3-4,7-8,14H,5-6,9-12,19H2,1-2H3,(H,20,23);1H. The number of fused-ring (bicyclic) bond motifs is 1. The number of benzene rings is 1. The zero-order chi connectivity index (χ0) is 18.9. The minimum absolute atomic E-state index is 0. The first-order valence-corrected chi connectivity index (χ1v) is 10.3. The highest BCUT2D eigenvalue weighted by Crippen LogP contribution is 2.33. The Morgan fingerprint density at radius 3 is 2.74 bits per heavy atom. The van der Waals surface area contributed by atoms with Crippen LogP contribution < -0.4 is 11.1 Å². The van der Waals surface area contributed by atoms with Crippen molar-refractivity contribution in [1.82, 2.24) is 14.2 Å². The highest BCUT2D eigenvalue weighted by molar-refractivity contribution is 7.89. The lowest BCUT2D eigenvalue weighted by atomic mass is 9.99. The molecule has 1 aliphatic heterocycles. The van der Waals surface area contributed by atoms with E-state index < -0.39 is 10.0 Å². The van der Waals surface area contributed by atoms with Crippen LogP contribution in [0.5, 0.6) is 0 Å². The molecule has 3 N–H and O–H groups in total. The maximum atomic E-state index is 13.4. The van der Waals surface area contributed by atoms with Crippen LogP contribution in [0.25, 0.3) is 10.9 Å². The van der Waals surface area contributed by atoms with Crippen LogP contribution in [0.2, 0.25) is 0 Å². The van der Waals surface area contributed by atoms with Crippen molar-refractivity contribution in [2.75, 3.05) is 26.2 Å². The number of nitrogens with one attached hydrogen (secondary N) is 1. The van der Waals surface area contributed by atoms with E-state index in [-0.39, 0.29) is 30.8 Å². The normalized spacial score (nSPS) is 18.3. The summed E-state index contributed by atoms with van der Waals surface area (Å²) in [5.74, 6) is -0.453. The third-order valence-electron chi connectivity index (χ3n) is 5.14. The number of hydrogen-bond donors (Lipinski definition) is 2. The van der Waals surface area contributed by atoms with Crippen LogP contribution in [0.3, 0.4) is 0 Å². The summed E-state index contributed by atoms with van der Waals surface area (Å²) in [5, 5.41) is 3.49.